The number of rotatable bonds is 3. The third-order valence-corrected chi connectivity index (χ3v) is 3.00. The van der Waals surface area contributed by atoms with Crippen LogP contribution in [0.2, 0.25) is 0 Å². The molecule has 0 aliphatic carbocycles. The van der Waals surface area contributed by atoms with Crippen molar-refractivity contribution >= 4 is 17.0 Å². The van der Waals surface area contributed by atoms with Crippen molar-refractivity contribution in [2.24, 2.45) is 7.05 Å². The Morgan fingerprint density at radius 2 is 2.26 bits per heavy atom. The minimum absolute atomic E-state index is 0.0157. The van der Waals surface area contributed by atoms with E-state index < -0.39 is 5.97 Å². The number of nitrogens with one attached hydrogen (secondary N) is 1. The summed E-state index contributed by atoms with van der Waals surface area (Å²) in [6.07, 6.45) is 7.08. The molecule has 3 heterocycles. The van der Waals surface area contributed by atoms with Gasteiger partial charge in [-0.1, -0.05) is 0 Å². The van der Waals surface area contributed by atoms with Gasteiger partial charge < -0.3 is 10.1 Å². The predicted molar refractivity (Wildman–Crippen MR) is 69.6 cm³/mol. The number of carboxylic acid groups (broad SMARTS) is 1. The lowest BCUT2D eigenvalue weighted by Crippen LogP contribution is -1.98. The number of fused-ring (bicyclic) bond motifs is 1. The molecule has 19 heavy (non-hydrogen) atoms. The molecule has 6 heteroatoms. The molecule has 0 radical (unpaired) electrons. The summed E-state index contributed by atoms with van der Waals surface area (Å²) in [5.74, 6) is -0.854. The van der Waals surface area contributed by atoms with E-state index in [0.717, 1.165) is 22.1 Å². The van der Waals surface area contributed by atoms with Crippen molar-refractivity contribution in [1.29, 1.82) is 0 Å². The number of carbonyl (C=O) groups is 1. The second kappa shape index (κ2) is 4.24. The molecule has 0 saturated heterocycles. The molecular formula is C13H12N4O2. The molecule has 0 atom stereocenters. The molecule has 3 aromatic rings. The van der Waals surface area contributed by atoms with Crippen LogP contribution >= 0.6 is 0 Å². The van der Waals surface area contributed by atoms with Gasteiger partial charge in [0.2, 0.25) is 0 Å². The van der Waals surface area contributed by atoms with Crippen LogP contribution in [0.15, 0.2) is 30.9 Å². The van der Waals surface area contributed by atoms with Crippen LogP contribution in [0.1, 0.15) is 5.56 Å². The van der Waals surface area contributed by atoms with Gasteiger partial charge in [0, 0.05) is 42.2 Å². The van der Waals surface area contributed by atoms with Crippen molar-refractivity contribution < 1.29 is 9.90 Å². The summed E-state index contributed by atoms with van der Waals surface area (Å²) in [5, 5.41) is 13.8. The summed E-state index contributed by atoms with van der Waals surface area (Å²) < 4.78 is 1.72. The molecule has 3 rings (SSSR count). The molecule has 0 saturated carbocycles. The van der Waals surface area contributed by atoms with Crippen molar-refractivity contribution in [3.8, 4) is 11.1 Å². The summed E-state index contributed by atoms with van der Waals surface area (Å²) in [6, 6.07) is 1.94. The number of hydrogen-bond acceptors (Lipinski definition) is 3. The molecule has 0 unspecified atom stereocenters. The topological polar surface area (TPSA) is 83.8 Å². The van der Waals surface area contributed by atoms with Crippen LogP contribution in [-0.2, 0) is 18.3 Å². The zero-order valence-electron chi connectivity index (χ0n) is 10.3. The fourth-order valence-corrected chi connectivity index (χ4v) is 2.10. The van der Waals surface area contributed by atoms with Crippen LogP contribution in [0.4, 0.5) is 0 Å². The van der Waals surface area contributed by atoms with Crippen LogP contribution in [0.25, 0.3) is 22.2 Å². The van der Waals surface area contributed by atoms with Crippen molar-refractivity contribution in [1.82, 2.24) is 19.7 Å². The Labute approximate surface area is 108 Å². The van der Waals surface area contributed by atoms with Gasteiger partial charge in [0.25, 0.3) is 0 Å². The van der Waals surface area contributed by atoms with E-state index in [4.69, 9.17) is 5.11 Å². The summed E-state index contributed by atoms with van der Waals surface area (Å²) in [7, 11) is 1.85. The first-order valence-corrected chi connectivity index (χ1v) is 5.80. The monoisotopic (exact) mass is 256 g/mol. The van der Waals surface area contributed by atoms with Crippen LogP contribution in [0.3, 0.4) is 0 Å². The molecule has 2 N–H and O–H groups in total. The summed E-state index contributed by atoms with van der Waals surface area (Å²) >= 11 is 0. The number of aromatic amines is 1. The van der Waals surface area contributed by atoms with Gasteiger partial charge in [-0.2, -0.15) is 5.10 Å². The Kier molecular flexibility index (Phi) is 2.56. The lowest BCUT2D eigenvalue weighted by molar-refractivity contribution is -0.136. The molecule has 0 bridgehead atoms. The zero-order valence-corrected chi connectivity index (χ0v) is 10.3. The highest BCUT2D eigenvalue weighted by atomic mass is 16.4. The Bertz CT molecular complexity index is 757. The Morgan fingerprint density at radius 1 is 1.42 bits per heavy atom. The highest BCUT2D eigenvalue weighted by molar-refractivity contribution is 5.87. The molecule has 0 fully saturated rings. The molecule has 0 spiro atoms. The van der Waals surface area contributed by atoms with Crippen LogP contribution in [0, 0.1) is 0 Å². The molecular weight excluding hydrogens is 244 g/mol. The fourth-order valence-electron chi connectivity index (χ4n) is 2.10. The molecule has 0 aromatic carbocycles. The van der Waals surface area contributed by atoms with Gasteiger partial charge in [-0.3, -0.25) is 9.48 Å². The number of carboxylic acids is 1. The first-order chi connectivity index (χ1) is 9.13. The van der Waals surface area contributed by atoms with Crippen molar-refractivity contribution in [3.05, 3.63) is 36.4 Å². The minimum Gasteiger partial charge on any atom is -0.481 e. The van der Waals surface area contributed by atoms with E-state index in [9.17, 15) is 4.79 Å². The molecule has 96 valence electrons. The van der Waals surface area contributed by atoms with Crippen molar-refractivity contribution in [2.45, 2.75) is 6.42 Å². The summed E-state index contributed by atoms with van der Waals surface area (Å²) in [5.41, 5.74) is 3.32. The highest BCUT2D eigenvalue weighted by Gasteiger charge is 2.10. The van der Waals surface area contributed by atoms with Crippen LogP contribution < -0.4 is 0 Å². The second-order valence-corrected chi connectivity index (χ2v) is 4.41. The maximum absolute atomic E-state index is 10.8. The minimum atomic E-state index is -0.854. The van der Waals surface area contributed by atoms with E-state index in [0.29, 0.717) is 5.65 Å². The lowest BCUT2D eigenvalue weighted by atomic mass is 10.1. The third kappa shape index (κ3) is 2.08. The number of pyridine rings is 1. The first-order valence-electron chi connectivity index (χ1n) is 5.80. The molecule has 0 amide bonds. The first kappa shape index (κ1) is 11.5. The summed E-state index contributed by atoms with van der Waals surface area (Å²) in [6.45, 7) is 0. The van der Waals surface area contributed by atoms with Crippen LogP contribution in [0.5, 0.6) is 0 Å². The average molecular weight is 256 g/mol. The number of H-pyrrole nitrogens is 1. The quantitative estimate of drug-likeness (QED) is 0.745. The van der Waals surface area contributed by atoms with Gasteiger partial charge in [-0.25, -0.2) is 4.98 Å². The molecule has 6 nitrogen and oxygen atoms in total. The largest absolute Gasteiger partial charge is 0.481 e. The van der Waals surface area contributed by atoms with E-state index in [2.05, 4.69) is 15.1 Å². The van der Waals surface area contributed by atoms with Gasteiger partial charge in [0.15, 0.2) is 0 Å². The highest BCUT2D eigenvalue weighted by Crippen LogP contribution is 2.24. The molecule has 3 aromatic heterocycles. The van der Waals surface area contributed by atoms with Gasteiger partial charge >= 0.3 is 5.97 Å². The Morgan fingerprint density at radius 3 is 2.95 bits per heavy atom. The normalized spacial score (nSPS) is 11.0. The maximum Gasteiger partial charge on any atom is 0.307 e. The Hall–Kier alpha value is -2.63. The predicted octanol–water partition coefficient (Wildman–Crippen LogP) is 1.59. The van der Waals surface area contributed by atoms with Crippen molar-refractivity contribution in [2.75, 3.05) is 0 Å². The second-order valence-electron chi connectivity index (χ2n) is 4.41. The standard InChI is InChI=1S/C13H12N4O2/c1-17-7-10(6-16-17)8-2-11-9(3-12(18)19)5-15-13(11)14-4-8/h2,4-7H,3H2,1H3,(H,14,15)(H,18,19). The van der Waals surface area contributed by atoms with E-state index >= 15 is 0 Å². The average Bonchev–Trinajstić information content (AvgIpc) is 2.95. The number of aryl methyl sites for hydroxylation is 1. The molecule has 0 aliphatic heterocycles. The van der Waals surface area contributed by atoms with E-state index in [1.807, 2.05) is 19.3 Å². The van der Waals surface area contributed by atoms with E-state index in [1.165, 1.54) is 0 Å². The van der Waals surface area contributed by atoms with Gasteiger partial charge in [-0.05, 0) is 11.6 Å². The third-order valence-electron chi connectivity index (χ3n) is 3.00. The lowest BCUT2D eigenvalue weighted by Gasteiger charge is -1.99. The maximum atomic E-state index is 10.8. The van der Waals surface area contributed by atoms with E-state index in [1.54, 1.807) is 23.3 Å². The molecule has 0 aliphatic rings. The number of aliphatic carboxylic acids is 1. The van der Waals surface area contributed by atoms with E-state index in [-0.39, 0.29) is 6.42 Å². The van der Waals surface area contributed by atoms with Crippen molar-refractivity contribution in [3.63, 3.8) is 0 Å². The number of aromatic nitrogens is 4. The number of hydrogen-bond donors (Lipinski definition) is 2. The smallest absolute Gasteiger partial charge is 0.307 e. The van der Waals surface area contributed by atoms with Gasteiger partial charge in [0.05, 0.1) is 12.6 Å². The van der Waals surface area contributed by atoms with Gasteiger partial charge in [-0.15, -0.1) is 0 Å². The SMILES string of the molecule is Cn1cc(-c2cnc3[nH]cc(CC(=O)O)c3c2)cn1. The van der Waals surface area contributed by atoms with Crippen LogP contribution in [-0.4, -0.2) is 30.8 Å². The Balaban J connectivity index is 2.10. The summed E-state index contributed by atoms with van der Waals surface area (Å²) in [4.78, 5) is 18.1. The number of nitrogens with zero attached hydrogens (tertiary/aromatic N) is 3. The zero-order chi connectivity index (χ0) is 13.4. The van der Waals surface area contributed by atoms with Gasteiger partial charge in [0.1, 0.15) is 5.65 Å². The fraction of sp³-hybridized carbons (Fsp3) is 0.154.